The molecule has 0 saturated heterocycles. The zero-order chi connectivity index (χ0) is 18.0. The van der Waals surface area contributed by atoms with Gasteiger partial charge in [0.2, 0.25) is 0 Å². The van der Waals surface area contributed by atoms with Crippen LogP contribution in [0.1, 0.15) is 0 Å². The summed E-state index contributed by atoms with van der Waals surface area (Å²) in [5, 5.41) is 3.90. The molecule has 6 nitrogen and oxygen atoms in total. The van der Waals surface area contributed by atoms with Crippen LogP contribution in [0.2, 0.25) is 0 Å². The number of halogens is 2. The van der Waals surface area contributed by atoms with E-state index in [0.717, 1.165) is 6.07 Å². The van der Waals surface area contributed by atoms with Crippen molar-refractivity contribution in [2.24, 2.45) is 0 Å². The van der Waals surface area contributed by atoms with E-state index in [1.807, 2.05) is 6.26 Å². The molecule has 1 N–H and O–H groups in total. The summed E-state index contributed by atoms with van der Waals surface area (Å²) in [7, 11) is 2.57. The van der Waals surface area contributed by atoms with E-state index in [-0.39, 0.29) is 17.3 Å². The van der Waals surface area contributed by atoms with Crippen LogP contribution in [0.15, 0.2) is 29.6 Å². The van der Waals surface area contributed by atoms with Crippen molar-refractivity contribution in [1.82, 2.24) is 15.0 Å². The first kappa shape index (κ1) is 17.2. The third kappa shape index (κ3) is 3.27. The first-order chi connectivity index (χ1) is 12.1. The molecule has 0 amide bonds. The zero-order valence-electron chi connectivity index (χ0n) is 13.6. The summed E-state index contributed by atoms with van der Waals surface area (Å²) >= 11 is 1.37. The lowest BCUT2D eigenvalue weighted by Crippen LogP contribution is -2.04. The molecule has 130 valence electrons. The molecule has 0 radical (unpaired) electrons. The van der Waals surface area contributed by atoms with Gasteiger partial charge in [0.1, 0.15) is 11.5 Å². The minimum Gasteiger partial charge on any atom is -0.493 e. The second-order valence-corrected chi connectivity index (χ2v) is 5.65. The molecule has 0 aliphatic carbocycles. The van der Waals surface area contributed by atoms with Gasteiger partial charge in [-0.3, -0.25) is 0 Å². The van der Waals surface area contributed by atoms with Crippen LogP contribution in [0.25, 0.3) is 11.0 Å². The minimum atomic E-state index is -0.879. The van der Waals surface area contributed by atoms with Gasteiger partial charge in [-0.1, -0.05) is 11.8 Å². The summed E-state index contributed by atoms with van der Waals surface area (Å²) < 4.78 is 38.7. The molecule has 0 spiro atoms. The Morgan fingerprint density at radius 3 is 2.32 bits per heavy atom. The lowest BCUT2D eigenvalue weighted by Gasteiger charge is -2.14. The Morgan fingerprint density at radius 2 is 1.72 bits per heavy atom. The number of pyridine rings is 1. The van der Waals surface area contributed by atoms with E-state index in [1.54, 1.807) is 18.3 Å². The van der Waals surface area contributed by atoms with Gasteiger partial charge in [-0.15, -0.1) is 0 Å². The van der Waals surface area contributed by atoms with Gasteiger partial charge in [-0.05, 0) is 18.4 Å². The number of nitrogens with one attached hydrogen (secondary N) is 1. The smallest absolute Gasteiger partial charge is 0.191 e. The molecule has 2 heterocycles. The molecule has 0 fully saturated rings. The van der Waals surface area contributed by atoms with Gasteiger partial charge >= 0.3 is 0 Å². The van der Waals surface area contributed by atoms with Crippen molar-refractivity contribution in [3.63, 3.8) is 0 Å². The van der Waals surface area contributed by atoms with Gasteiger partial charge < -0.3 is 14.8 Å². The van der Waals surface area contributed by atoms with Crippen LogP contribution in [0, 0.1) is 11.6 Å². The predicted molar refractivity (Wildman–Crippen MR) is 91.9 cm³/mol. The number of anilines is 2. The standard InChI is InChI=1S/C16H14F2N4O2S/c1-23-9-6-10(24-2)13(18)14(12(9)17)20-11-5-4-8-7-19-16(25-3)22-15(8)21-11/h4-7H,1-3H3,(H,19,20,21,22). The number of hydrogen-bond acceptors (Lipinski definition) is 7. The first-order valence-corrected chi connectivity index (χ1v) is 8.34. The molecule has 0 aliphatic rings. The van der Waals surface area contributed by atoms with Crippen LogP contribution in [-0.4, -0.2) is 35.4 Å². The second kappa shape index (κ2) is 7.06. The Bertz CT molecular complexity index is 911. The number of thioether (sulfide) groups is 1. The molecule has 0 unspecified atom stereocenters. The quantitative estimate of drug-likeness (QED) is 0.546. The third-order valence-corrected chi connectivity index (χ3v) is 3.99. The van der Waals surface area contributed by atoms with E-state index in [9.17, 15) is 8.78 Å². The SMILES string of the molecule is COc1cc(OC)c(F)c(Nc2ccc3cnc(SC)nc3n2)c1F. The van der Waals surface area contributed by atoms with E-state index in [4.69, 9.17) is 9.47 Å². The van der Waals surface area contributed by atoms with Crippen molar-refractivity contribution < 1.29 is 18.3 Å². The van der Waals surface area contributed by atoms with Crippen molar-refractivity contribution >= 4 is 34.3 Å². The first-order valence-electron chi connectivity index (χ1n) is 7.12. The summed E-state index contributed by atoms with van der Waals surface area (Å²) in [5.41, 5.74) is 0.00206. The Kier molecular flexibility index (Phi) is 4.84. The maximum atomic E-state index is 14.4. The highest BCUT2D eigenvalue weighted by Gasteiger charge is 2.20. The Labute approximate surface area is 146 Å². The number of nitrogens with zero attached hydrogens (tertiary/aromatic N) is 3. The van der Waals surface area contributed by atoms with Crippen molar-refractivity contribution in [2.75, 3.05) is 25.8 Å². The number of fused-ring (bicyclic) bond motifs is 1. The highest BCUT2D eigenvalue weighted by molar-refractivity contribution is 7.98. The molecule has 0 bridgehead atoms. The maximum Gasteiger partial charge on any atom is 0.191 e. The van der Waals surface area contributed by atoms with Gasteiger partial charge in [0, 0.05) is 17.6 Å². The molecule has 3 aromatic rings. The van der Waals surface area contributed by atoms with E-state index in [2.05, 4.69) is 20.3 Å². The zero-order valence-corrected chi connectivity index (χ0v) is 14.4. The average Bonchev–Trinajstić information content (AvgIpc) is 2.64. The summed E-state index contributed by atoms with van der Waals surface area (Å²) in [6.07, 6.45) is 3.48. The van der Waals surface area contributed by atoms with Gasteiger partial charge in [0.25, 0.3) is 0 Å². The highest BCUT2D eigenvalue weighted by atomic mass is 32.2. The number of ether oxygens (including phenoxy) is 2. The molecule has 2 aromatic heterocycles. The number of methoxy groups -OCH3 is 2. The van der Waals surface area contributed by atoms with Crippen molar-refractivity contribution in [2.45, 2.75) is 5.16 Å². The fourth-order valence-electron chi connectivity index (χ4n) is 2.19. The van der Waals surface area contributed by atoms with Crippen molar-refractivity contribution in [1.29, 1.82) is 0 Å². The lowest BCUT2D eigenvalue weighted by molar-refractivity contribution is 0.360. The topological polar surface area (TPSA) is 69.2 Å². The summed E-state index contributed by atoms with van der Waals surface area (Å²) in [6, 6.07) is 4.43. The van der Waals surface area contributed by atoms with Gasteiger partial charge in [0.05, 0.1) is 14.2 Å². The van der Waals surface area contributed by atoms with Gasteiger partial charge in [-0.25, -0.2) is 23.7 Å². The fourth-order valence-corrected chi connectivity index (χ4v) is 2.52. The monoisotopic (exact) mass is 364 g/mol. The molecule has 25 heavy (non-hydrogen) atoms. The minimum absolute atomic E-state index is 0.145. The van der Waals surface area contributed by atoms with Crippen molar-refractivity contribution in [3.05, 3.63) is 36.0 Å². The van der Waals surface area contributed by atoms with Crippen LogP contribution < -0.4 is 14.8 Å². The van der Waals surface area contributed by atoms with E-state index in [0.29, 0.717) is 16.2 Å². The molecular formula is C16H14F2N4O2S. The molecular weight excluding hydrogens is 350 g/mol. The van der Waals surface area contributed by atoms with E-state index >= 15 is 0 Å². The molecule has 9 heteroatoms. The second-order valence-electron chi connectivity index (χ2n) is 4.88. The summed E-state index contributed by atoms with van der Waals surface area (Å²) in [5.74, 6) is -1.82. The molecule has 3 rings (SSSR count). The number of aromatic nitrogens is 3. The van der Waals surface area contributed by atoms with E-state index < -0.39 is 17.3 Å². The molecule has 0 atom stereocenters. The molecule has 1 aromatic carbocycles. The maximum absolute atomic E-state index is 14.4. The van der Waals surface area contributed by atoms with Gasteiger partial charge in [-0.2, -0.15) is 0 Å². The summed E-state index contributed by atoms with van der Waals surface area (Å²) in [6.45, 7) is 0. The largest absolute Gasteiger partial charge is 0.493 e. The van der Waals surface area contributed by atoms with Crippen LogP contribution in [0.3, 0.4) is 0 Å². The third-order valence-electron chi connectivity index (χ3n) is 3.43. The average molecular weight is 364 g/mol. The molecule has 0 aliphatic heterocycles. The van der Waals surface area contributed by atoms with Crippen LogP contribution in [0.5, 0.6) is 11.5 Å². The predicted octanol–water partition coefficient (Wildman–Crippen LogP) is 3.79. The van der Waals surface area contributed by atoms with Crippen LogP contribution in [-0.2, 0) is 0 Å². The van der Waals surface area contributed by atoms with Crippen LogP contribution in [0.4, 0.5) is 20.3 Å². The lowest BCUT2D eigenvalue weighted by atomic mass is 10.2. The van der Waals surface area contributed by atoms with Gasteiger partial charge in [0.15, 0.2) is 33.9 Å². The highest BCUT2D eigenvalue weighted by Crippen LogP contribution is 2.36. The molecule has 0 saturated carbocycles. The summed E-state index contributed by atoms with van der Waals surface area (Å²) in [4.78, 5) is 12.7. The van der Waals surface area contributed by atoms with Crippen molar-refractivity contribution in [3.8, 4) is 11.5 Å². The normalized spacial score (nSPS) is 10.8. The van der Waals surface area contributed by atoms with Crippen LogP contribution >= 0.6 is 11.8 Å². The number of hydrogen-bond donors (Lipinski definition) is 1. The Hall–Kier alpha value is -2.68. The number of benzene rings is 1. The Balaban J connectivity index is 2.06. The van der Waals surface area contributed by atoms with E-state index in [1.165, 1.54) is 26.0 Å². The fraction of sp³-hybridized carbons (Fsp3) is 0.188. The Morgan fingerprint density at radius 1 is 1.04 bits per heavy atom. The number of rotatable bonds is 5.